The van der Waals surface area contributed by atoms with Crippen molar-refractivity contribution in [2.24, 2.45) is 0 Å². The highest BCUT2D eigenvalue weighted by Crippen LogP contribution is 2.42. The Morgan fingerprint density at radius 2 is 1.73 bits per heavy atom. The Morgan fingerprint density at radius 3 is 2.38 bits per heavy atom. The maximum Gasteiger partial charge on any atom is 0.416 e. The van der Waals surface area contributed by atoms with E-state index in [2.05, 4.69) is 0 Å². The van der Waals surface area contributed by atoms with Gasteiger partial charge >= 0.3 is 28.0 Å². The number of fused-ring (bicyclic) bond motifs is 2. The standard InChI is InChI=1S/C23H19F3N4O6S/c1-27-18-8-6-12(10-19(18)28(2)37(27,35)36)29-11-15(21(32)33)20(31)30(22(29)34)17-9-7-13-14(17)4-3-5-16(13)23(24,25)26/h3-6,8,10-11,17H,7,9H2,1-2H3,(H,32,33)/t17-/m1/s1. The van der Waals surface area contributed by atoms with Crippen molar-refractivity contribution in [1.29, 1.82) is 0 Å². The minimum atomic E-state index is -4.64. The summed E-state index contributed by atoms with van der Waals surface area (Å²) < 4.78 is 69.2. The van der Waals surface area contributed by atoms with Crippen LogP contribution in [-0.4, -0.2) is 42.7 Å². The molecule has 0 fully saturated rings. The Bertz CT molecular complexity index is 1710. The van der Waals surface area contributed by atoms with Crippen molar-refractivity contribution in [3.63, 3.8) is 0 Å². The number of nitrogens with zero attached hydrogens (tertiary/aromatic N) is 4. The molecular weight excluding hydrogens is 517 g/mol. The van der Waals surface area contributed by atoms with Crippen LogP contribution in [0, 0.1) is 0 Å². The second kappa shape index (κ2) is 7.96. The number of carboxylic acid groups (broad SMARTS) is 1. The smallest absolute Gasteiger partial charge is 0.416 e. The van der Waals surface area contributed by atoms with Gasteiger partial charge in [0.25, 0.3) is 5.56 Å². The molecule has 2 heterocycles. The molecule has 1 aliphatic heterocycles. The molecule has 5 rings (SSSR count). The van der Waals surface area contributed by atoms with Crippen LogP contribution in [0.2, 0.25) is 0 Å². The summed E-state index contributed by atoms with van der Waals surface area (Å²) in [6.45, 7) is 0. The summed E-state index contributed by atoms with van der Waals surface area (Å²) in [5.74, 6) is -1.63. The van der Waals surface area contributed by atoms with Crippen molar-refractivity contribution in [2.45, 2.75) is 25.1 Å². The molecule has 0 spiro atoms. The number of carbonyl (C=O) groups is 1. The fourth-order valence-corrected chi connectivity index (χ4v) is 6.12. The number of alkyl halides is 3. The van der Waals surface area contributed by atoms with E-state index in [-0.39, 0.29) is 35.3 Å². The van der Waals surface area contributed by atoms with Gasteiger partial charge in [0.2, 0.25) is 0 Å². The molecule has 1 aliphatic carbocycles. The largest absolute Gasteiger partial charge is 0.477 e. The zero-order valence-corrected chi connectivity index (χ0v) is 20.2. The van der Waals surface area contributed by atoms with E-state index in [1.165, 1.54) is 44.4 Å². The third-order valence-electron chi connectivity index (χ3n) is 6.81. The highest BCUT2D eigenvalue weighted by molar-refractivity contribution is 7.94. The van der Waals surface area contributed by atoms with Gasteiger partial charge < -0.3 is 5.11 Å². The summed E-state index contributed by atoms with van der Waals surface area (Å²) in [6.07, 6.45) is -3.89. The summed E-state index contributed by atoms with van der Waals surface area (Å²) in [5.41, 5.74) is -3.10. The molecule has 0 saturated heterocycles. The Labute approximate surface area is 207 Å². The van der Waals surface area contributed by atoms with Crippen LogP contribution < -0.4 is 19.9 Å². The summed E-state index contributed by atoms with van der Waals surface area (Å²) >= 11 is 0. The van der Waals surface area contributed by atoms with Gasteiger partial charge in [0.1, 0.15) is 5.56 Å². The lowest BCUT2D eigenvalue weighted by Gasteiger charge is -2.19. The number of rotatable bonds is 3. The van der Waals surface area contributed by atoms with E-state index >= 15 is 0 Å². The van der Waals surface area contributed by atoms with Crippen molar-refractivity contribution >= 4 is 27.6 Å². The van der Waals surface area contributed by atoms with E-state index in [9.17, 15) is 41.1 Å². The van der Waals surface area contributed by atoms with Crippen molar-refractivity contribution in [2.75, 3.05) is 22.7 Å². The minimum Gasteiger partial charge on any atom is -0.477 e. The molecule has 3 aromatic rings. The average Bonchev–Trinajstić information content (AvgIpc) is 3.32. The lowest BCUT2D eigenvalue weighted by atomic mass is 10.0. The molecular formula is C23H19F3N4O6S. The fraction of sp³-hybridized carbons (Fsp3) is 0.261. The van der Waals surface area contributed by atoms with Gasteiger partial charge in [-0.1, -0.05) is 12.1 Å². The monoisotopic (exact) mass is 536 g/mol. The Hall–Kier alpha value is -4.07. The SMILES string of the molecule is CN1c2ccc(-n3cc(C(=O)O)c(=O)n([C@@H]4CCc5c4cccc5C(F)(F)F)c3=O)cc2N(C)S1(=O)=O. The van der Waals surface area contributed by atoms with E-state index in [4.69, 9.17) is 0 Å². The van der Waals surface area contributed by atoms with Gasteiger partial charge in [-0.05, 0) is 48.2 Å². The molecule has 0 saturated carbocycles. The molecule has 0 bridgehead atoms. The Morgan fingerprint density at radius 1 is 1.05 bits per heavy atom. The van der Waals surface area contributed by atoms with E-state index in [1.807, 2.05) is 0 Å². The summed E-state index contributed by atoms with van der Waals surface area (Å²) in [7, 11) is -1.18. The second-order valence-electron chi connectivity index (χ2n) is 8.72. The number of hydrogen-bond donors (Lipinski definition) is 1. The van der Waals surface area contributed by atoms with Crippen molar-refractivity contribution in [3.05, 3.63) is 85.7 Å². The first-order valence-corrected chi connectivity index (χ1v) is 12.3. The van der Waals surface area contributed by atoms with E-state index in [1.54, 1.807) is 0 Å². The fourth-order valence-electron chi connectivity index (χ4n) is 4.96. The molecule has 1 atom stereocenters. The number of hydrogen-bond acceptors (Lipinski definition) is 5. The summed E-state index contributed by atoms with van der Waals surface area (Å²) in [4.78, 5) is 38.6. The van der Waals surface area contributed by atoms with Gasteiger partial charge in [-0.3, -0.25) is 22.5 Å². The second-order valence-corrected chi connectivity index (χ2v) is 10.7. The number of carboxylic acids is 1. The lowest BCUT2D eigenvalue weighted by Crippen LogP contribution is -2.43. The van der Waals surface area contributed by atoms with Gasteiger partial charge in [0, 0.05) is 20.3 Å². The van der Waals surface area contributed by atoms with Crippen LogP contribution in [0.1, 0.15) is 39.5 Å². The highest BCUT2D eigenvalue weighted by atomic mass is 32.2. The van der Waals surface area contributed by atoms with E-state index in [0.29, 0.717) is 10.3 Å². The Balaban J connectivity index is 1.74. The first-order chi connectivity index (χ1) is 17.2. The number of aromatic carboxylic acids is 1. The van der Waals surface area contributed by atoms with Crippen molar-refractivity contribution < 1.29 is 31.5 Å². The van der Waals surface area contributed by atoms with Crippen LogP contribution in [0.15, 0.2) is 52.2 Å². The normalized spacial score (nSPS) is 18.1. The van der Waals surface area contributed by atoms with Crippen LogP contribution in [0.4, 0.5) is 24.5 Å². The molecule has 1 aromatic heterocycles. The van der Waals surface area contributed by atoms with E-state index in [0.717, 1.165) is 25.4 Å². The molecule has 0 amide bonds. The average molecular weight is 536 g/mol. The number of halogens is 3. The maximum absolute atomic E-state index is 13.6. The van der Waals surface area contributed by atoms with Gasteiger partial charge in [-0.25, -0.2) is 9.59 Å². The number of aromatic nitrogens is 2. The molecule has 14 heteroatoms. The zero-order chi connectivity index (χ0) is 27.0. The van der Waals surface area contributed by atoms with E-state index < -0.39 is 50.8 Å². The molecule has 0 radical (unpaired) electrons. The highest BCUT2D eigenvalue weighted by Gasteiger charge is 2.39. The van der Waals surface area contributed by atoms with Crippen LogP contribution >= 0.6 is 0 Å². The first-order valence-electron chi connectivity index (χ1n) is 10.9. The predicted octanol–water partition coefficient (Wildman–Crippen LogP) is 2.38. The third kappa shape index (κ3) is 3.54. The van der Waals surface area contributed by atoms with Crippen LogP contribution in [-0.2, 0) is 22.8 Å². The van der Waals surface area contributed by atoms with Gasteiger partial charge in [0.05, 0.1) is 28.7 Å². The molecule has 2 aliphatic rings. The molecule has 0 unspecified atom stereocenters. The van der Waals surface area contributed by atoms with Gasteiger partial charge in [-0.2, -0.15) is 21.6 Å². The van der Waals surface area contributed by atoms with Crippen molar-refractivity contribution in [3.8, 4) is 5.69 Å². The molecule has 2 aromatic carbocycles. The number of anilines is 2. The third-order valence-corrected chi connectivity index (χ3v) is 8.59. The van der Waals surface area contributed by atoms with Crippen LogP contribution in [0.25, 0.3) is 5.69 Å². The Kier molecular flexibility index (Phi) is 5.30. The molecule has 1 N–H and O–H groups in total. The van der Waals surface area contributed by atoms with Gasteiger partial charge in [-0.15, -0.1) is 0 Å². The molecule has 37 heavy (non-hydrogen) atoms. The number of benzene rings is 2. The summed E-state index contributed by atoms with van der Waals surface area (Å²) in [5, 5.41) is 9.67. The predicted molar refractivity (Wildman–Crippen MR) is 127 cm³/mol. The van der Waals surface area contributed by atoms with Crippen molar-refractivity contribution in [1.82, 2.24) is 9.13 Å². The van der Waals surface area contributed by atoms with Crippen LogP contribution in [0.5, 0.6) is 0 Å². The lowest BCUT2D eigenvalue weighted by molar-refractivity contribution is -0.138. The maximum atomic E-state index is 13.6. The van der Waals surface area contributed by atoms with Gasteiger partial charge in [0.15, 0.2) is 0 Å². The summed E-state index contributed by atoms with van der Waals surface area (Å²) in [6, 6.07) is 6.52. The quantitative estimate of drug-likeness (QED) is 0.549. The molecule has 10 nitrogen and oxygen atoms in total. The topological polar surface area (TPSA) is 122 Å². The molecule has 194 valence electrons. The first kappa shape index (κ1) is 24.6. The minimum absolute atomic E-state index is 0.0173. The van der Waals surface area contributed by atoms with Crippen LogP contribution in [0.3, 0.4) is 0 Å². The zero-order valence-electron chi connectivity index (χ0n) is 19.4.